The van der Waals surface area contributed by atoms with Crippen LogP contribution in [0.1, 0.15) is 45.1 Å². The van der Waals surface area contributed by atoms with E-state index in [1.54, 1.807) is 0 Å². The number of benzene rings is 1. The lowest BCUT2D eigenvalue weighted by Crippen LogP contribution is -2.39. The summed E-state index contributed by atoms with van der Waals surface area (Å²) in [6, 6.07) is 6.16. The average molecular weight is 409 g/mol. The zero-order valence-corrected chi connectivity index (χ0v) is 17.5. The Bertz CT molecular complexity index is 532. The van der Waals surface area contributed by atoms with E-state index in [9.17, 15) is 0 Å². The van der Waals surface area contributed by atoms with Crippen molar-refractivity contribution < 1.29 is 9.47 Å². The van der Waals surface area contributed by atoms with E-state index < -0.39 is 0 Å². The summed E-state index contributed by atoms with van der Waals surface area (Å²) in [5.74, 6) is 0.711. The van der Waals surface area contributed by atoms with Crippen molar-refractivity contribution in [1.82, 2.24) is 4.90 Å². The molecule has 0 saturated carbocycles. The van der Waals surface area contributed by atoms with Crippen LogP contribution in [0.2, 0.25) is 0 Å². The highest BCUT2D eigenvalue weighted by Crippen LogP contribution is 2.24. The van der Waals surface area contributed by atoms with Crippen LogP contribution in [0.15, 0.2) is 18.2 Å². The normalized spacial score (nSPS) is 17.1. The van der Waals surface area contributed by atoms with E-state index in [0.29, 0.717) is 35.7 Å². The van der Waals surface area contributed by atoms with Gasteiger partial charge in [0.05, 0.1) is 12.2 Å². The number of likely N-dealkylation sites (tertiary alicyclic amines) is 1. The van der Waals surface area contributed by atoms with E-state index in [1.165, 1.54) is 19.3 Å². The first-order valence-corrected chi connectivity index (χ1v) is 8.96. The molecule has 1 heterocycles. The predicted octanol–water partition coefficient (Wildman–Crippen LogP) is 4.47. The van der Waals surface area contributed by atoms with Gasteiger partial charge in [-0.1, -0.05) is 13.3 Å². The van der Waals surface area contributed by atoms with Crippen LogP contribution in [0, 0.1) is 0 Å². The van der Waals surface area contributed by atoms with Crippen molar-refractivity contribution in [2.75, 3.05) is 32.0 Å². The number of nitrogens with zero attached hydrogens (tertiary/aromatic N) is 1. The second-order valence-electron chi connectivity index (χ2n) is 6.12. The van der Waals surface area contributed by atoms with E-state index in [-0.39, 0.29) is 24.8 Å². The van der Waals surface area contributed by atoms with E-state index in [2.05, 4.69) is 18.7 Å². The van der Waals surface area contributed by atoms with Crippen molar-refractivity contribution in [3.05, 3.63) is 23.8 Å². The number of thiocarbonyl (C=S) groups is 1. The van der Waals surface area contributed by atoms with Crippen molar-refractivity contribution in [2.24, 2.45) is 0 Å². The third kappa shape index (κ3) is 7.57. The van der Waals surface area contributed by atoms with Gasteiger partial charge in [-0.2, -0.15) is 0 Å². The van der Waals surface area contributed by atoms with Crippen molar-refractivity contribution >= 4 is 47.8 Å². The lowest BCUT2D eigenvalue weighted by atomic mass is 10.0. The number of rotatable bonds is 7. The van der Waals surface area contributed by atoms with Gasteiger partial charge in [0, 0.05) is 24.3 Å². The minimum atomic E-state index is 0. The largest absolute Gasteiger partial charge is 0.493 e. The molecule has 1 unspecified atom stereocenters. The van der Waals surface area contributed by atoms with Gasteiger partial charge in [-0.05, 0) is 57.1 Å². The molecule has 144 valence electrons. The smallest absolute Gasteiger partial charge is 0.194 e. The Hall–Kier alpha value is -0.750. The Labute approximate surface area is 169 Å². The Morgan fingerprint density at radius 2 is 2.04 bits per heavy atom. The second-order valence-corrected chi connectivity index (χ2v) is 6.49. The fourth-order valence-corrected chi connectivity index (χ4v) is 3.11. The van der Waals surface area contributed by atoms with Crippen molar-refractivity contribution in [3.63, 3.8) is 0 Å². The maximum absolute atomic E-state index is 5.84. The van der Waals surface area contributed by atoms with Crippen LogP contribution < -0.4 is 10.5 Å². The quantitative estimate of drug-likeness (QED) is 0.532. The fourth-order valence-electron chi connectivity index (χ4n) is 2.86. The van der Waals surface area contributed by atoms with Gasteiger partial charge in [-0.15, -0.1) is 24.8 Å². The van der Waals surface area contributed by atoms with Gasteiger partial charge in [0.25, 0.3) is 0 Å². The van der Waals surface area contributed by atoms with E-state index in [1.807, 2.05) is 18.2 Å². The summed E-state index contributed by atoms with van der Waals surface area (Å²) >= 11 is 5.44. The van der Waals surface area contributed by atoms with Crippen LogP contribution in [0.5, 0.6) is 5.75 Å². The number of ether oxygens (including phenoxy) is 2. The highest BCUT2D eigenvalue weighted by Gasteiger charge is 2.18. The van der Waals surface area contributed by atoms with Crippen LogP contribution >= 0.6 is 37.0 Å². The lowest BCUT2D eigenvalue weighted by molar-refractivity contribution is 0.131. The number of anilines is 1. The van der Waals surface area contributed by atoms with E-state index >= 15 is 0 Å². The first kappa shape index (κ1) is 24.2. The molecule has 1 aromatic rings. The van der Waals surface area contributed by atoms with Gasteiger partial charge in [-0.3, -0.25) is 4.90 Å². The fraction of sp³-hybridized carbons (Fsp3) is 0.611. The number of nitrogen functional groups attached to an aromatic ring is 1. The molecule has 1 fully saturated rings. The third-order valence-electron chi connectivity index (χ3n) is 4.24. The van der Waals surface area contributed by atoms with Crippen LogP contribution in [-0.2, 0) is 4.74 Å². The maximum atomic E-state index is 5.84. The first-order chi connectivity index (χ1) is 11.1. The Kier molecular flexibility index (Phi) is 12.2. The van der Waals surface area contributed by atoms with Crippen molar-refractivity contribution in [3.8, 4) is 5.75 Å². The van der Waals surface area contributed by atoms with Gasteiger partial charge in [0.1, 0.15) is 12.4 Å². The molecule has 1 atom stereocenters. The minimum Gasteiger partial charge on any atom is -0.493 e. The zero-order valence-electron chi connectivity index (χ0n) is 15.0. The molecule has 0 bridgehead atoms. The van der Waals surface area contributed by atoms with Crippen LogP contribution in [-0.4, -0.2) is 42.3 Å². The molecule has 4 nitrogen and oxygen atoms in total. The van der Waals surface area contributed by atoms with Gasteiger partial charge < -0.3 is 15.2 Å². The van der Waals surface area contributed by atoms with Crippen LogP contribution in [0.3, 0.4) is 0 Å². The van der Waals surface area contributed by atoms with Gasteiger partial charge >= 0.3 is 0 Å². The third-order valence-corrected chi connectivity index (χ3v) is 4.58. The number of hydrogen-bond donors (Lipinski definition) is 1. The molecule has 0 radical (unpaired) electrons. The molecule has 0 aromatic heterocycles. The SMILES string of the molecule is CCCOc1cc(N)ccc1C(=S)OCCN1CCCCC1C.Cl.Cl. The van der Waals surface area contributed by atoms with E-state index in [0.717, 1.165) is 25.1 Å². The molecule has 1 aromatic carbocycles. The Morgan fingerprint density at radius 3 is 2.72 bits per heavy atom. The van der Waals surface area contributed by atoms with Crippen molar-refractivity contribution in [1.29, 1.82) is 0 Å². The highest BCUT2D eigenvalue weighted by atomic mass is 35.5. The standard InChI is InChI=1S/C18H28N2O2S.2ClH/c1-3-11-21-17-13-15(19)7-8-16(17)18(23)22-12-10-20-9-5-4-6-14(20)2;;/h7-8,13-14H,3-6,9-12,19H2,1-2H3;2*1H. The van der Waals surface area contributed by atoms with Crippen LogP contribution in [0.25, 0.3) is 0 Å². The average Bonchev–Trinajstić information content (AvgIpc) is 2.54. The molecule has 0 aliphatic carbocycles. The summed E-state index contributed by atoms with van der Waals surface area (Å²) in [5, 5.41) is 0.487. The first-order valence-electron chi connectivity index (χ1n) is 8.55. The molecule has 25 heavy (non-hydrogen) atoms. The zero-order chi connectivity index (χ0) is 16.7. The molecule has 1 saturated heterocycles. The topological polar surface area (TPSA) is 47.7 Å². The molecule has 2 rings (SSSR count). The van der Waals surface area contributed by atoms with Gasteiger partial charge in [-0.25, -0.2) is 0 Å². The Morgan fingerprint density at radius 1 is 1.28 bits per heavy atom. The lowest BCUT2D eigenvalue weighted by Gasteiger charge is -2.33. The number of nitrogens with two attached hydrogens (primary N) is 1. The monoisotopic (exact) mass is 408 g/mol. The Balaban J connectivity index is 0.00000288. The van der Waals surface area contributed by atoms with Crippen LogP contribution in [0.4, 0.5) is 5.69 Å². The van der Waals surface area contributed by atoms with Gasteiger partial charge in [0.2, 0.25) is 0 Å². The molecule has 1 aliphatic rings. The van der Waals surface area contributed by atoms with Crippen molar-refractivity contribution in [2.45, 2.75) is 45.6 Å². The maximum Gasteiger partial charge on any atom is 0.194 e. The molecular weight excluding hydrogens is 379 g/mol. The minimum absolute atomic E-state index is 0. The molecule has 1 aliphatic heterocycles. The number of halogens is 2. The number of hydrogen-bond acceptors (Lipinski definition) is 5. The highest BCUT2D eigenvalue weighted by molar-refractivity contribution is 7.80. The molecule has 2 N–H and O–H groups in total. The number of piperidine rings is 1. The molecule has 0 spiro atoms. The predicted molar refractivity (Wildman–Crippen MR) is 114 cm³/mol. The second kappa shape index (κ2) is 12.6. The summed E-state index contributed by atoms with van der Waals surface area (Å²) in [6.07, 6.45) is 4.83. The summed E-state index contributed by atoms with van der Waals surface area (Å²) < 4.78 is 11.6. The summed E-state index contributed by atoms with van der Waals surface area (Å²) in [4.78, 5) is 2.48. The summed E-state index contributed by atoms with van der Waals surface area (Å²) in [5.41, 5.74) is 7.33. The van der Waals surface area contributed by atoms with E-state index in [4.69, 9.17) is 27.4 Å². The van der Waals surface area contributed by atoms with Gasteiger partial charge in [0.15, 0.2) is 5.05 Å². The summed E-state index contributed by atoms with van der Waals surface area (Å²) in [7, 11) is 0. The summed E-state index contributed by atoms with van der Waals surface area (Å²) in [6.45, 7) is 7.69. The molecule has 7 heteroatoms. The molecule has 0 amide bonds. The molecular formula is C18H30Cl2N2O2S.